The number of nitrogens with one attached hydrogen (secondary N) is 2. The van der Waals surface area contributed by atoms with Gasteiger partial charge in [-0.1, -0.05) is 0 Å². The summed E-state index contributed by atoms with van der Waals surface area (Å²) >= 11 is 0. The molecule has 0 aromatic heterocycles. The number of carbonyl (C=O) groups excluding carboxylic acids is 2. The molecule has 0 aliphatic carbocycles. The van der Waals surface area contributed by atoms with E-state index in [1.807, 2.05) is 0 Å². The van der Waals surface area contributed by atoms with Gasteiger partial charge >= 0.3 is 12.0 Å². The van der Waals surface area contributed by atoms with Crippen molar-refractivity contribution in [1.29, 1.82) is 0 Å². The van der Waals surface area contributed by atoms with Crippen molar-refractivity contribution in [1.82, 2.24) is 15.5 Å². The molecule has 0 saturated carbocycles. The number of amides is 3. The van der Waals surface area contributed by atoms with Gasteiger partial charge in [-0.05, 0) is 0 Å². The van der Waals surface area contributed by atoms with Crippen LogP contribution in [0, 0.1) is 0 Å². The fraction of sp³-hybridized carbons (Fsp3) is 0.727. The van der Waals surface area contributed by atoms with Crippen molar-refractivity contribution in [3.8, 4) is 0 Å². The zero-order chi connectivity index (χ0) is 15.0. The number of carboxylic acid groups (broad SMARTS) is 1. The largest absolute Gasteiger partial charge is 0.480 e. The Morgan fingerprint density at radius 3 is 2.85 bits per heavy atom. The molecule has 1 heterocycles. The Balaban J connectivity index is 2.35. The zero-order valence-corrected chi connectivity index (χ0v) is 11.3. The number of piperazine rings is 1. The molecule has 0 radical (unpaired) electrons. The number of carbonyl (C=O) groups is 3. The fourth-order valence-corrected chi connectivity index (χ4v) is 1.65. The van der Waals surface area contributed by atoms with Crippen LogP contribution in [0.1, 0.15) is 0 Å². The van der Waals surface area contributed by atoms with Crippen LogP contribution in [0.4, 0.5) is 4.79 Å². The summed E-state index contributed by atoms with van der Waals surface area (Å²) in [5, 5.41) is 13.9. The standard InChI is InChI=1S/C11H19N3O6/c1-19-4-5-20-3-2-12-11(18)14-7-9(15)13-6-8(14)10(16)17/h8H,2-7H2,1H3,(H,12,18)(H,13,15)(H,16,17). The lowest BCUT2D eigenvalue weighted by molar-refractivity contribution is -0.144. The Hall–Kier alpha value is -1.87. The Morgan fingerprint density at radius 1 is 1.45 bits per heavy atom. The third-order valence-electron chi connectivity index (χ3n) is 2.68. The number of hydrogen-bond acceptors (Lipinski definition) is 5. The first-order valence-corrected chi connectivity index (χ1v) is 6.17. The first kappa shape index (κ1) is 16.2. The Morgan fingerprint density at radius 2 is 2.20 bits per heavy atom. The normalized spacial score (nSPS) is 18.6. The number of rotatable bonds is 7. The quantitative estimate of drug-likeness (QED) is 0.478. The molecule has 9 heteroatoms. The summed E-state index contributed by atoms with van der Waals surface area (Å²) in [5.74, 6) is -1.54. The van der Waals surface area contributed by atoms with Gasteiger partial charge in [-0.2, -0.15) is 0 Å². The first-order chi connectivity index (χ1) is 9.56. The van der Waals surface area contributed by atoms with E-state index >= 15 is 0 Å². The van der Waals surface area contributed by atoms with Crippen molar-refractivity contribution in [2.45, 2.75) is 6.04 Å². The molecule has 0 aromatic carbocycles. The molecule has 9 nitrogen and oxygen atoms in total. The van der Waals surface area contributed by atoms with Crippen LogP contribution in [-0.2, 0) is 19.1 Å². The van der Waals surface area contributed by atoms with Crippen LogP contribution >= 0.6 is 0 Å². The topological polar surface area (TPSA) is 117 Å². The van der Waals surface area contributed by atoms with E-state index in [1.165, 1.54) is 0 Å². The molecular formula is C11H19N3O6. The molecule has 3 amide bonds. The number of urea groups is 1. The van der Waals surface area contributed by atoms with Crippen molar-refractivity contribution >= 4 is 17.9 Å². The molecule has 1 aliphatic heterocycles. The summed E-state index contributed by atoms with van der Waals surface area (Å²) in [6, 6.07) is -1.65. The average Bonchev–Trinajstić information content (AvgIpc) is 2.42. The summed E-state index contributed by atoms with van der Waals surface area (Å²) in [7, 11) is 1.55. The van der Waals surface area contributed by atoms with Crippen LogP contribution < -0.4 is 10.6 Å². The number of carboxylic acids is 1. The van der Waals surface area contributed by atoms with Crippen molar-refractivity contribution in [3.05, 3.63) is 0 Å². The van der Waals surface area contributed by atoms with Crippen molar-refractivity contribution in [2.75, 3.05) is 46.6 Å². The van der Waals surface area contributed by atoms with Crippen LogP contribution in [0.15, 0.2) is 0 Å². The number of aliphatic carboxylic acids is 1. The fourth-order valence-electron chi connectivity index (χ4n) is 1.65. The van der Waals surface area contributed by atoms with Crippen molar-refractivity contribution in [2.24, 2.45) is 0 Å². The maximum Gasteiger partial charge on any atom is 0.328 e. The molecule has 1 rings (SSSR count). The molecule has 3 N–H and O–H groups in total. The first-order valence-electron chi connectivity index (χ1n) is 6.17. The van der Waals surface area contributed by atoms with Gasteiger partial charge in [-0.3, -0.25) is 9.69 Å². The van der Waals surface area contributed by atoms with Gasteiger partial charge in [-0.25, -0.2) is 9.59 Å². The van der Waals surface area contributed by atoms with Gasteiger partial charge in [0.25, 0.3) is 0 Å². The highest BCUT2D eigenvalue weighted by atomic mass is 16.5. The van der Waals surface area contributed by atoms with Crippen LogP contribution in [0.2, 0.25) is 0 Å². The van der Waals surface area contributed by atoms with Gasteiger partial charge in [-0.15, -0.1) is 0 Å². The zero-order valence-electron chi connectivity index (χ0n) is 11.3. The molecule has 1 fully saturated rings. The lowest BCUT2D eigenvalue weighted by Gasteiger charge is -2.32. The number of hydrogen-bond donors (Lipinski definition) is 3. The van der Waals surface area contributed by atoms with Crippen LogP contribution in [0.5, 0.6) is 0 Å². The van der Waals surface area contributed by atoms with Crippen molar-refractivity contribution in [3.63, 3.8) is 0 Å². The Labute approximate surface area is 116 Å². The Kier molecular flexibility index (Phi) is 6.74. The summed E-state index contributed by atoms with van der Waals surface area (Å²) < 4.78 is 9.94. The molecule has 1 unspecified atom stereocenters. The van der Waals surface area contributed by atoms with Gasteiger partial charge in [0.1, 0.15) is 12.6 Å². The molecule has 1 atom stereocenters. The van der Waals surface area contributed by atoms with E-state index < -0.39 is 18.0 Å². The maximum absolute atomic E-state index is 11.8. The monoisotopic (exact) mass is 289 g/mol. The third-order valence-corrected chi connectivity index (χ3v) is 2.68. The number of ether oxygens (including phenoxy) is 2. The highest BCUT2D eigenvalue weighted by molar-refractivity contribution is 5.90. The average molecular weight is 289 g/mol. The van der Waals surface area contributed by atoms with Crippen LogP contribution in [0.25, 0.3) is 0 Å². The molecule has 0 bridgehead atoms. The minimum Gasteiger partial charge on any atom is -0.480 e. The highest BCUT2D eigenvalue weighted by Crippen LogP contribution is 2.04. The van der Waals surface area contributed by atoms with E-state index in [0.717, 1.165) is 4.90 Å². The minimum absolute atomic E-state index is 0.0913. The Bertz CT molecular complexity index is 362. The summed E-state index contributed by atoms with van der Waals surface area (Å²) in [6.07, 6.45) is 0. The molecule has 1 saturated heterocycles. The minimum atomic E-state index is -1.16. The van der Waals surface area contributed by atoms with E-state index in [2.05, 4.69) is 10.6 Å². The third kappa shape index (κ3) is 5.02. The molecular weight excluding hydrogens is 270 g/mol. The smallest absolute Gasteiger partial charge is 0.328 e. The molecule has 0 aromatic rings. The van der Waals surface area contributed by atoms with Crippen LogP contribution in [-0.4, -0.2) is 80.5 Å². The van der Waals surface area contributed by atoms with E-state index in [0.29, 0.717) is 13.2 Å². The number of methoxy groups -OCH3 is 1. The SMILES string of the molecule is COCCOCCNC(=O)N1CC(=O)NCC1C(=O)O. The lowest BCUT2D eigenvalue weighted by Crippen LogP contribution is -2.61. The molecule has 0 spiro atoms. The van der Waals surface area contributed by atoms with E-state index in [9.17, 15) is 14.4 Å². The lowest BCUT2D eigenvalue weighted by atomic mass is 10.2. The second-order valence-electron chi connectivity index (χ2n) is 4.12. The summed E-state index contributed by atoms with van der Waals surface area (Å²) in [5.41, 5.74) is 0. The predicted molar refractivity (Wildman–Crippen MR) is 67.2 cm³/mol. The van der Waals surface area contributed by atoms with E-state index in [1.54, 1.807) is 7.11 Å². The van der Waals surface area contributed by atoms with Crippen LogP contribution in [0.3, 0.4) is 0 Å². The van der Waals surface area contributed by atoms with Gasteiger partial charge in [0.15, 0.2) is 0 Å². The van der Waals surface area contributed by atoms with Gasteiger partial charge in [0.05, 0.1) is 19.8 Å². The molecule has 1 aliphatic rings. The summed E-state index contributed by atoms with van der Waals surface area (Å²) in [6.45, 7) is 1.02. The van der Waals surface area contributed by atoms with E-state index in [4.69, 9.17) is 14.6 Å². The maximum atomic E-state index is 11.8. The van der Waals surface area contributed by atoms with E-state index in [-0.39, 0.29) is 32.1 Å². The second kappa shape index (κ2) is 8.33. The number of nitrogens with zero attached hydrogens (tertiary/aromatic N) is 1. The van der Waals surface area contributed by atoms with Gasteiger partial charge in [0, 0.05) is 20.2 Å². The van der Waals surface area contributed by atoms with Gasteiger partial charge in [0.2, 0.25) is 5.91 Å². The summed E-state index contributed by atoms with van der Waals surface area (Å²) in [4.78, 5) is 35.1. The molecule has 114 valence electrons. The van der Waals surface area contributed by atoms with Gasteiger partial charge < -0.3 is 25.2 Å². The highest BCUT2D eigenvalue weighted by Gasteiger charge is 2.34. The van der Waals surface area contributed by atoms with Crippen molar-refractivity contribution < 1.29 is 29.0 Å². The second-order valence-corrected chi connectivity index (χ2v) is 4.12. The predicted octanol–water partition coefficient (Wildman–Crippen LogP) is -1.76. The molecule has 20 heavy (non-hydrogen) atoms.